The van der Waals surface area contributed by atoms with E-state index in [1.165, 1.54) is 25.3 Å². The highest BCUT2D eigenvalue weighted by Gasteiger charge is 2.24. The molecule has 0 bridgehead atoms. The summed E-state index contributed by atoms with van der Waals surface area (Å²) < 4.78 is 18.2. The van der Waals surface area contributed by atoms with Gasteiger partial charge >= 0.3 is 0 Å². The Kier molecular flexibility index (Phi) is 4.63. The summed E-state index contributed by atoms with van der Waals surface area (Å²) in [6, 6.07) is 3.23. The lowest BCUT2D eigenvalue weighted by Crippen LogP contribution is -2.36. The number of nitrogens with two attached hydrogens (primary N) is 1. The van der Waals surface area contributed by atoms with E-state index >= 15 is 0 Å². The standard InChI is InChI=1S/C13H18FNO2/c1-4-8(2)12(15)13(16)10-7-9(14)5-6-11(10)17-3/h5-8,12H,4,15H2,1-3H3. The molecule has 2 atom stereocenters. The number of benzene rings is 1. The van der Waals surface area contributed by atoms with Crippen molar-refractivity contribution in [3.8, 4) is 5.75 Å². The molecular formula is C13H18FNO2. The maximum absolute atomic E-state index is 13.1. The average Bonchev–Trinajstić information content (AvgIpc) is 2.35. The van der Waals surface area contributed by atoms with E-state index in [9.17, 15) is 9.18 Å². The fourth-order valence-electron chi connectivity index (χ4n) is 1.56. The SMILES string of the molecule is CCC(C)C(N)C(=O)c1cc(F)ccc1OC. The third-order valence-electron chi connectivity index (χ3n) is 2.99. The van der Waals surface area contributed by atoms with Crippen molar-refractivity contribution >= 4 is 5.78 Å². The molecule has 2 unspecified atom stereocenters. The Bertz CT molecular complexity index is 406. The number of hydrogen-bond donors (Lipinski definition) is 1. The van der Waals surface area contributed by atoms with Gasteiger partial charge in [-0.05, 0) is 24.1 Å². The van der Waals surface area contributed by atoms with Gasteiger partial charge in [-0.25, -0.2) is 4.39 Å². The van der Waals surface area contributed by atoms with E-state index in [2.05, 4.69) is 0 Å². The number of halogens is 1. The predicted molar refractivity (Wildman–Crippen MR) is 64.7 cm³/mol. The van der Waals surface area contributed by atoms with Crippen molar-refractivity contribution in [2.75, 3.05) is 7.11 Å². The van der Waals surface area contributed by atoms with Crippen molar-refractivity contribution in [2.24, 2.45) is 11.7 Å². The van der Waals surface area contributed by atoms with Crippen LogP contribution < -0.4 is 10.5 Å². The van der Waals surface area contributed by atoms with E-state index in [-0.39, 0.29) is 17.3 Å². The van der Waals surface area contributed by atoms with Crippen molar-refractivity contribution in [1.82, 2.24) is 0 Å². The van der Waals surface area contributed by atoms with Gasteiger partial charge < -0.3 is 10.5 Å². The molecule has 1 rings (SSSR count). The highest BCUT2D eigenvalue weighted by Crippen LogP contribution is 2.22. The molecule has 0 heterocycles. The van der Waals surface area contributed by atoms with Crippen LogP contribution in [0.1, 0.15) is 30.6 Å². The zero-order valence-electron chi connectivity index (χ0n) is 10.4. The van der Waals surface area contributed by atoms with Gasteiger partial charge in [-0.2, -0.15) is 0 Å². The number of Topliss-reactive ketones (excluding diaryl/α,β-unsaturated/α-hetero) is 1. The Morgan fingerprint density at radius 1 is 1.53 bits per heavy atom. The van der Waals surface area contributed by atoms with Gasteiger partial charge in [0, 0.05) is 0 Å². The molecule has 0 amide bonds. The smallest absolute Gasteiger partial charge is 0.183 e. The summed E-state index contributed by atoms with van der Waals surface area (Å²) in [5.74, 6) is -0.341. The third kappa shape index (κ3) is 3.03. The average molecular weight is 239 g/mol. The lowest BCUT2D eigenvalue weighted by molar-refractivity contribution is 0.0931. The Morgan fingerprint density at radius 3 is 2.71 bits per heavy atom. The molecule has 0 aliphatic carbocycles. The van der Waals surface area contributed by atoms with Crippen LogP contribution in [0.15, 0.2) is 18.2 Å². The first-order valence-electron chi connectivity index (χ1n) is 5.64. The molecule has 17 heavy (non-hydrogen) atoms. The lowest BCUT2D eigenvalue weighted by Gasteiger charge is -2.18. The van der Waals surface area contributed by atoms with Crippen LogP contribution in [0.5, 0.6) is 5.75 Å². The minimum Gasteiger partial charge on any atom is -0.496 e. The molecule has 0 aliphatic rings. The summed E-state index contributed by atoms with van der Waals surface area (Å²) in [4.78, 5) is 12.1. The zero-order chi connectivity index (χ0) is 13.0. The first kappa shape index (κ1) is 13.6. The Balaban J connectivity index is 3.06. The minimum absolute atomic E-state index is 0.0514. The summed E-state index contributed by atoms with van der Waals surface area (Å²) in [5, 5.41) is 0. The van der Waals surface area contributed by atoms with E-state index in [0.29, 0.717) is 5.75 Å². The van der Waals surface area contributed by atoms with Crippen LogP contribution in [-0.4, -0.2) is 18.9 Å². The molecule has 94 valence electrons. The molecular weight excluding hydrogens is 221 g/mol. The van der Waals surface area contributed by atoms with Crippen LogP contribution in [0.25, 0.3) is 0 Å². The minimum atomic E-state index is -0.629. The maximum atomic E-state index is 13.1. The Labute approximate surface area is 101 Å². The molecule has 0 spiro atoms. The molecule has 0 saturated carbocycles. The maximum Gasteiger partial charge on any atom is 0.183 e. The number of ether oxygens (including phenoxy) is 1. The molecule has 2 N–H and O–H groups in total. The van der Waals surface area contributed by atoms with Crippen LogP contribution in [0.3, 0.4) is 0 Å². The summed E-state index contributed by atoms with van der Waals surface area (Å²) in [6.07, 6.45) is 0.796. The van der Waals surface area contributed by atoms with E-state index in [1.54, 1.807) is 0 Å². The molecule has 3 nitrogen and oxygen atoms in total. The second kappa shape index (κ2) is 5.77. The van der Waals surface area contributed by atoms with Crippen molar-refractivity contribution in [3.05, 3.63) is 29.6 Å². The number of carbonyl (C=O) groups excluding carboxylic acids is 1. The molecule has 0 aliphatic heterocycles. The number of methoxy groups -OCH3 is 1. The van der Waals surface area contributed by atoms with Crippen molar-refractivity contribution in [3.63, 3.8) is 0 Å². The lowest BCUT2D eigenvalue weighted by atomic mass is 9.92. The molecule has 1 aromatic carbocycles. The van der Waals surface area contributed by atoms with Gasteiger partial charge in [0.05, 0.1) is 18.7 Å². The number of carbonyl (C=O) groups is 1. The predicted octanol–water partition coefficient (Wildman–Crippen LogP) is 2.39. The topological polar surface area (TPSA) is 52.3 Å². The van der Waals surface area contributed by atoms with Gasteiger partial charge in [0.1, 0.15) is 11.6 Å². The summed E-state index contributed by atoms with van der Waals surface area (Å²) in [7, 11) is 1.44. The quantitative estimate of drug-likeness (QED) is 0.803. The van der Waals surface area contributed by atoms with Crippen LogP contribution >= 0.6 is 0 Å². The van der Waals surface area contributed by atoms with Gasteiger partial charge in [-0.1, -0.05) is 20.3 Å². The normalized spacial score (nSPS) is 14.2. The number of ketones is 1. The largest absolute Gasteiger partial charge is 0.496 e. The second-order valence-corrected chi connectivity index (χ2v) is 4.12. The first-order chi connectivity index (χ1) is 8.01. The molecule has 1 aromatic rings. The Hall–Kier alpha value is -1.42. The molecule has 0 radical (unpaired) electrons. The van der Waals surface area contributed by atoms with Crippen LogP contribution in [0, 0.1) is 11.7 Å². The number of rotatable bonds is 5. The third-order valence-corrected chi connectivity index (χ3v) is 2.99. The van der Waals surface area contributed by atoms with Crippen LogP contribution in [-0.2, 0) is 0 Å². The molecule has 4 heteroatoms. The van der Waals surface area contributed by atoms with Crippen LogP contribution in [0.2, 0.25) is 0 Å². The van der Waals surface area contributed by atoms with Gasteiger partial charge in [-0.3, -0.25) is 4.79 Å². The molecule has 0 aromatic heterocycles. The van der Waals surface area contributed by atoms with E-state index in [1.807, 2.05) is 13.8 Å². The monoisotopic (exact) mass is 239 g/mol. The van der Waals surface area contributed by atoms with Crippen molar-refractivity contribution < 1.29 is 13.9 Å². The first-order valence-corrected chi connectivity index (χ1v) is 5.64. The summed E-state index contributed by atoms with van der Waals surface area (Å²) >= 11 is 0. The molecule has 0 fully saturated rings. The van der Waals surface area contributed by atoms with E-state index in [4.69, 9.17) is 10.5 Å². The van der Waals surface area contributed by atoms with Crippen molar-refractivity contribution in [2.45, 2.75) is 26.3 Å². The molecule has 0 saturated heterocycles. The van der Waals surface area contributed by atoms with Gasteiger partial charge in [-0.15, -0.1) is 0 Å². The highest BCUT2D eigenvalue weighted by molar-refractivity contribution is 6.02. The van der Waals surface area contributed by atoms with Gasteiger partial charge in [0.15, 0.2) is 5.78 Å². The van der Waals surface area contributed by atoms with Crippen LogP contribution in [0.4, 0.5) is 4.39 Å². The fourth-order valence-corrected chi connectivity index (χ4v) is 1.56. The van der Waals surface area contributed by atoms with Gasteiger partial charge in [0.25, 0.3) is 0 Å². The highest BCUT2D eigenvalue weighted by atomic mass is 19.1. The number of hydrogen-bond acceptors (Lipinski definition) is 3. The van der Waals surface area contributed by atoms with E-state index in [0.717, 1.165) is 6.42 Å². The van der Waals surface area contributed by atoms with E-state index < -0.39 is 11.9 Å². The summed E-state index contributed by atoms with van der Waals surface area (Å²) in [6.45, 7) is 3.86. The second-order valence-electron chi connectivity index (χ2n) is 4.12. The van der Waals surface area contributed by atoms with Crippen molar-refractivity contribution in [1.29, 1.82) is 0 Å². The zero-order valence-corrected chi connectivity index (χ0v) is 10.4. The summed E-state index contributed by atoms with van der Waals surface area (Å²) in [5.41, 5.74) is 6.06. The Morgan fingerprint density at radius 2 is 2.18 bits per heavy atom. The van der Waals surface area contributed by atoms with Gasteiger partial charge in [0.2, 0.25) is 0 Å². The fraction of sp³-hybridized carbons (Fsp3) is 0.462.